The van der Waals surface area contributed by atoms with Gasteiger partial charge in [0.1, 0.15) is 5.75 Å². The van der Waals surface area contributed by atoms with Gasteiger partial charge in [0.25, 0.3) is 0 Å². The lowest BCUT2D eigenvalue weighted by molar-refractivity contribution is -0.147. The summed E-state index contributed by atoms with van der Waals surface area (Å²) in [5.74, 6) is -0.546. The molecule has 0 spiro atoms. The number of aromatic nitrogens is 4. The lowest BCUT2D eigenvalue weighted by Gasteiger charge is -2.14. The molecule has 0 saturated carbocycles. The molecular weight excluding hydrogens is 404 g/mol. The van der Waals surface area contributed by atoms with Crippen molar-refractivity contribution in [1.29, 1.82) is 0 Å². The van der Waals surface area contributed by atoms with Crippen LogP contribution in [0.25, 0.3) is 5.69 Å². The summed E-state index contributed by atoms with van der Waals surface area (Å²) >= 11 is 0. The SMILES string of the molecule is COc1cc(Nc2nc(C(F)(F)F)cc(C(F)(F)F)n2)ccc1-n1cnc(C)c1. The standard InChI is InChI=1S/C17H13F6N5O/c1-9-7-28(8-24-9)11-4-3-10(5-12(11)29-2)25-15-26-13(16(18,19)20)6-14(27-15)17(21,22)23/h3-8H,1-2H3,(H,25,26,27). The number of nitrogens with one attached hydrogen (secondary N) is 1. The van der Waals surface area contributed by atoms with Gasteiger partial charge in [0.2, 0.25) is 5.95 Å². The largest absolute Gasteiger partial charge is 0.494 e. The molecule has 0 aliphatic heterocycles. The number of imidazole rings is 1. The average molecular weight is 417 g/mol. The fourth-order valence-corrected chi connectivity index (χ4v) is 2.44. The summed E-state index contributed by atoms with van der Waals surface area (Å²) in [4.78, 5) is 10.4. The molecule has 0 aliphatic carbocycles. The number of methoxy groups -OCH3 is 1. The number of hydrogen-bond donors (Lipinski definition) is 1. The van der Waals surface area contributed by atoms with E-state index in [4.69, 9.17) is 4.74 Å². The third kappa shape index (κ3) is 4.58. The first-order valence-corrected chi connectivity index (χ1v) is 7.97. The van der Waals surface area contributed by atoms with Gasteiger partial charge in [0.05, 0.1) is 24.8 Å². The molecule has 0 bridgehead atoms. The first-order valence-electron chi connectivity index (χ1n) is 7.97. The maximum Gasteiger partial charge on any atom is 0.433 e. The molecule has 3 aromatic rings. The Kier molecular flexibility index (Phi) is 5.11. The summed E-state index contributed by atoms with van der Waals surface area (Å²) in [5, 5.41) is 2.36. The molecular formula is C17H13F6N5O. The Labute approximate surface area is 160 Å². The molecule has 0 fully saturated rings. The molecule has 3 rings (SSSR count). The van der Waals surface area contributed by atoms with Gasteiger partial charge < -0.3 is 14.6 Å². The van der Waals surface area contributed by atoms with E-state index in [0.717, 1.165) is 5.69 Å². The molecule has 1 N–H and O–H groups in total. The molecule has 0 saturated heterocycles. The van der Waals surface area contributed by atoms with Crippen LogP contribution in [0.2, 0.25) is 0 Å². The molecule has 0 unspecified atom stereocenters. The van der Waals surface area contributed by atoms with Crippen molar-refractivity contribution in [1.82, 2.24) is 19.5 Å². The number of ether oxygens (including phenoxy) is 1. The number of alkyl halides is 6. The Balaban J connectivity index is 1.99. The molecule has 154 valence electrons. The maximum atomic E-state index is 12.9. The minimum atomic E-state index is -5.07. The molecule has 6 nitrogen and oxygen atoms in total. The highest BCUT2D eigenvalue weighted by Crippen LogP contribution is 2.35. The van der Waals surface area contributed by atoms with E-state index in [1.165, 1.54) is 25.6 Å². The van der Waals surface area contributed by atoms with Crippen molar-refractivity contribution in [3.8, 4) is 11.4 Å². The fourth-order valence-electron chi connectivity index (χ4n) is 2.44. The highest BCUT2D eigenvalue weighted by Gasteiger charge is 2.39. The summed E-state index contributed by atoms with van der Waals surface area (Å²) in [6, 6.07) is 4.24. The van der Waals surface area contributed by atoms with Gasteiger partial charge in [-0.05, 0) is 25.1 Å². The van der Waals surface area contributed by atoms with E-state index in [1.807, 2.05) is 0 Å². The summed E-state index contributed by atoms with van der Waals surface area (Å²) in [6.45, 7) is 1.78. The fraction of sp³-hybridized carbons (Fsp3) is 0.235. The van der Waals surface area contributed by atoms with Crippen LogP contribution >= 0.6 is 0 Å². The molecule has 0 amide bonds. The van der Waals surface area contributed by atoms with E-state index in [1.54, 1.807) is 23.8 Å². The molecule has 12 heteroatoms. The molecule has 1 aromatic carbocycles. The first kappa shape index (κ1) is 20.4. The van der Waals surface area contributed by atoms with Gasteiger partial charge in [0.15, 0.2) is 11.4 Å². The smallest absolute Gasteiger partial charge is 0.433 e. The Morgan fingerprint density at radius 2 is 1.59 bits per heavy atom. The number of halogens is 6. The van der Waals surface area contributed by atoms with Gasteiger partial charge in [-0.2, -0.15) is 26.3 Å². The lowest BCUT2D eigenvalue weighted by Crippen LogP contribution is -2.16. The second kappa shape index (κ2) is 7.26. The Hall–Kier alpha value is -3.31. The zero-order chi connectivity index (χ0) is 21.4. The average Bonchev–Trinajstić information content (AvgIpc) is 3.06. The van der Waals surface area contributed by atoms with Crippen molar-refractivity contribution in [2.24, 2.45) is 0 Å². The van der Waals surface area contributed by atoms with Crippen LogP contribution < -0.4 is 10.1 Å². The lowest BCUT2D eigenvalue weighted by atomic mass is 10.2. The number of rotatable bonds is 4. The number of aryl methyl sites for hydroxylation is 1. The van der Waals surface area contributed by atoms with Gasteiger partial charge in [0, 0.05) is 18.0 Å². The van der Waals surface area contributed by atoms with Crippen LogP contribution in [-0.2, 0) is 12.4 Å². The van der Waals surface area contributed by atoms with Crippen molar-refractivity contribution in [2.75, 3.05) is 12.4 Å². The molecule has 0 atom stereocenters. The Morgan fingerprint density at radius 1 is 0.966 bits per heavy atom. The van der Waals surface area contributed by atoms with Crippen molar-refractivity contribution >= 4 is 11.6 Å². The van der Waals surface area contributed by atoms with Crippen LogP contribution in [0.15, 0.2) is 36.8 Å². The predicted molar refractivity (Wildman–Crippen MR) is 90.2 cm³/mol. The number of nitrogens with zero attached hydrogens (tertiary/aromatic N) is 4. The van der Waals surface area contributed by atoms with Crippen LogP contribution in [0.5, 0.6) is 5.75 Å². The van der Waals surface area contributed by atoms with Gasteiger partial charge >= 0.3 is 12.4 Å². The normalized spacial score (nSPS) is 12.1. The van der Waals surface area contributed by atoms with Crippen LogP contribution in [0.3, 0.4) is 0 Å². The molecule has 0 radical (unpaired) electrons. The Bertz CT molecular complexity index is 996. The van der Waals surface area contributed by atoms with Gasteiger partial charge in [-0.15, -0.1) is 0 Å². The topological polar surface area (TPSA) is 64.9 Å². The van der Waals surface area contributed by atoms with E-state index in [0.29, 0.717) is 11.4 Å². The monoisotopic (exact) mass is 417 g/mol. The molecule has 0 aliphatic rings. The van der Waals surface area contributed by atoms with Crippen molar-refractivity contribution in [3.63, 3.8) is 0 Å². The maximum absolute atomic E-state index is 12.9. The zero-order valence-electron chi connectivity index (χ0n) is 14.9. The van der Waals surface area contributed by atoms with E-state index in [-0.39, 0.29) is 11.8 Å². The highest BCUT2D eigenvalue weighted by molar-refractivity contribution is 5.62. The van der Waals surface area contributed by atoms with Gasteiger partial charge in [-0.3, -0.25) is 0 Å². The number of hydrogen-bond acceptors (Lipinski definition) is 5. The van der Waals surface area contributed by atoms with Crippen molar-refractivity contribution in [2.45, 2.75) is 19.3 Å². The van der Waals surface area contributed by atoms with Crippen LogP contribution in [0.1, 0.15) is 17.1 Å². The molecule has 29 heavy (non-hydrogen) atoms. The summed E-state index contributed by atoms with van der Waals surface area (Å²) in [5.41, 5.74) is -1.97. The van der Waals surface area contributed by atoms with Gasteiger partial charge in [-0.1, -0.05) is 0 Å². The quantitative estimate of drug-likeness (QED) is 0.620. The zero-order valence-corrected chi connectivity index (χ0v) is 14.9. The van der Waals surface area contributed by atoms with Crippen LogP contribution in [0, 0.1) is 6.92 Å². The predicted octanol–water partition coefficient (Wildman–Crippen LogP) is 4.76. The van der Waals surface area contributed by atoms with E-state index < -0.39 is 29.7 Å². The van der Waals surface area contributed by atoms with Crippen molar-refractivity contribution < 1.29 is 31.1 Å². The minimum absolute atomic E-state index is 0.134. The summed E-state index contributed by atoms with van der Waals surface area (Å²) in [7, 11) is 1.37. The van der Waals surface area contributed by atoms with Crippen LogP contribution in [-0.4, -0.2) is 26.6 Å². The minimum Gasteiger partial charge on any atom is -0.494 e. The second-order valence-corrected chi connectivity index (χ2v) is 5.89. The molecule has 2 heterocycles. The van der Waals surface area contributed by atoms with E-state index in [2.05, 4.69) is 20.3 Å². The third-order valence-electron chi connectivity index (χ3n) is 3.73. The summed E-state index contributed by atoms with van der Waals surface area (Å²) in [6.07, 6.45) is -6.89. The third-order valence-corrected chi connectivity index (χ3v) is 3.73. The second-order valence-electron chi connectivity index (χ2n) is 5.89. The van der Waals surface area contributed by atoms with Crippen molar-refractivity contribution in [3.05, 3.63) is 53.9 Å². The summed E-state index contributed by atoms with van der Waals surface area (Å²) < 4.78 is 84.4. The van der Waals surface area contributed by atoms with Gasteiger partial charge in [-0.25, -0.2) is 15.0 Å². The highest BCUT2D eigenvalue weighted by atomic mass is 19.4. The molecule has 2 aromatic heterocycles. The Morgan fingerprint density at radius 3 is 2.07 bits per heavy atom. The van der Waals surface area contributed by atoms with E-state index >= 15 is 0 Å². The first-order chi connectivity index (χ1) is 13.5. The van der Waals surface area contributed by atoms with Crippen LogP contribution in [0.4, 0.5) is 38.0 Å². The number of anilines is 2. The van der Waals surface area contributed by atoms with E-state index in [9.17, 15) is 26.3 Å². The number of benzene rings is 1.